The van der Waals surface area contributed by atoms with Crippen LogP contribution >= 0.6 is 23.2 Å². The van der Waals surface area contributed by atoms with E-state index in [9.17, 15) is 9.18 Å². The van der Waals surface area contributed by atoms with E-state index in [0.717, 1.165) is 0 Å². The maximum atomic E-state index is 14.2. The molecule has 5 nitrogen and oxygen atoms in total. The third kappa shape index (κ3) is 3.98. The van der Waals surface area contributed by atoms with Crippen molar-refractivity contribution in [3.63, 3.8) is 0 Å². The topological polar surface area (TPSA) is 56.2 Å². The SMILES string of the molecule is Cn1c(C(=O)NCc2ccc(Oc3cccnc3)c(F)c2)cc(Cl)c1Cl. The van der Waals surface area contributed by atoms with Gasteiger partial charge in [-0.2, -0.15) is 0 Å². The maximum absolute atomic E-state index is 14.2. The Kier molecular flexibility index (Phi) is 5.44. The van der Waals surface area contributed by atoms with Crippen molar-refractivity contribution in [2.75, 3.05) is 0 Å². The van der Waals surface area contributed by atoms with Crippen LogP contribution in [0.1, 0.15) is 16.1 Å². The Morgan fingerprint density at radius 2 is 2.12 bits per heavy atom. The van der Waals surface area contributed by atoms with E-state index in [0.29, 0.717) is 22.0 Å². The van der Waals surface area contributed by atoms with Crippen molar-refractivity contribution in [2.24, 2.45) is 7.05 Å². The largest absolute Gasteiger partial charge is 0.453 e. The lowest BCUT2D eigenvalue weighted by Crippen LogP contribution is -2.24. The number of carbonyl (C=O) groups excluding carboxylic acids is 1. The average Bonchev–Trinajstić information content (AvgIpc) is 2.90. The number of amides is 1. The molecule has 134 valence electrons. The lowest BCUT2D eigenvalue weighted by molar-refractivity contribution is 0.0942. The van der Waals surface area contributed by atoms with Crippen LogP contribution in [0.2, 0.25) is 10.2 Å². The molecule has 0 spiro atoms. The van der Waals surface area contributed by atoms with Crippen LogP contribution in [0.15, 0.2) is 48.8 Å². The van der Waals surface area contributed by atoms with Crippen LogP contribution in [0.4, 0.5) is 4.39 Å². The van der Waals surface area contributed by atoms with Gasteiger partial charge in [0.15, 0.2) is 11.6 Å². The minimum absolute atomic E-state index is 0.0778. The highest BCUT2D eigenvalue weighted by atomic mass is 35.5. The molecule has 0 saturated heterocycles. The Morgan fingerprint density at radius 3 is 2.73 bits per heavy atom. The summed E-state index contributed by atoms with van der Waals surface area (Å²) >= 11 is 11.8. The first kappa shape index (κ1) is 18.2. The first-order valence-corrected chi connectivity index (χ1v) is 8.36. The molecule has 26 heavy (non-hydrogen) atoms. The molecule has 2 heterocycles. The summed E-state index contributed by atoms with van der Waals surface area (Å²) in [5.41, 5.74) is 0.901. The van der Waals surface area contributed by atoms with Gasteiger partial charge in [-0.05, 0) is 35.9 Å². The molecule has 0 aliphatic heterocycles. The molecule has 3 aromatic rings. The van der Waals surface area contributed by atoms with Gasteiger partial charge in [-0.1, -0.05) is 29.3 Å². The predicted molar refractivity (Wildman–Crippen MR) is 97.3 cm³/mol. The minimum Gasteiger partial charge on any atom is -0.453 e. The Morgan fingerprint density at radius 1 is 1.31 bits per heavy atom. The smallest absolute Gasteiger partial charge is 0.268 e. The summed E-state index contributed by atoms with van der Waals surface area (Å²) in [6.45, 7) is 0.142. The van der Waals surface area contributed by atoms with Gasteiger partial charge in [0.1, 0.15) is 16.6 Å². The molecule has 0 fully saturated rings. The standard InChI is InChI=1S/C18H14Cl2FN3O2/c1-24-15(8-13(19)17(24)20)18(25)23-9-11-4-5-16(14(21)7-11)26-12-3-2-6-22-10-12/h2-8,10H,9H2,1H3,(H,23,25). The molecule has 8 heteroatoms. The number of ether oxygens (including phenoxy) is 1. The monoisotopic (exact) mass is 393 g/mol. The molecule has 1 aromatic carbocycles. The number of nitrogens with one attached hydrogen (secondary N) is 1. The highest BCUT2D eigenvalue weighted by molar-refractivity contribution is 6.41. The van der Waals surface area contributed by atoms with Crippen molar-refractivity contribution in [3.8, 4) is 11.5 Å². The summed E-state index contributed by atoms with van der Waals surface area (Å²) in [7, 11) is 1.63. The third-order valence-electron chi connectivity index (χ3n) is 3.66. The molecule has 0 saturated carbocycles. The molecule has 0 atom stereocenters. The molecule has 1 amide bonds. The number of hydrogen-bond donors (Lipinski definition) is 1. The number of pyridine rings is 1. The summed E-state index contributed by atoms with van der Waals surface area (Å²) in [5, 5.41) is 3.27. The van der Waals surface area contributed by atoms with Gasteiger partial charge in [0.2, 0.25) is 0 Å². The van der Waals surface area contributed by atoms with Crippen molar-refractivity contribution in [3.05, 3.63) is 76.0 Å². The fourth-order valence-corrected chi connectivity index (χ4v) is 2.68. The summed E-state index contributed by atoms with van der Waals surface area (Å²) in [4.78, 5) is 16.1. The lowest BCUT2D eigenvalue weighted by atomic mass is 10.2. The van der Waals surface area contributed by atoms with Gasteiger partial charge in [-0.3, -0.25) is 9.78 Å². The Bertz CT molecular complexity index is 945. The molecule has 3 rings (SSSR count). The molecule has 0 bridgehead atoms. The highest BCUT2D eigenvalue weighted by Crippen LogP contribution is 2.26. The molecular weight excluding hydrogens is 380 g/mol. The number of rotatable bonds is 5. The fourth-order valence-electron chi connectivity index (χ4n) is 2.30. The Hall–Kier alpha value is -2.57. The van der Waals surface area contributed by atoms with Crippen molar-refractivity contribution in [1.29, 1.82) is 0 Å². The minimum atomic E-state index is -0.537. The number of carbonyl (C=O) groups is 1. The van der Waals surface area contributed by atoms with E-state index < -0.39 is 5.82 Å². The second-order valence-electron chi connectivity index (χ2n) is 5.47. The van der Waals surface area contributed by atoms with Gasteiger partial charge in [0.05, 0.1) is 11.2 Å². The molecule has 0 radical (unpaired) electrons. The van der Waals surface area contributed by atoms with Crippen LogP contribution < -0.4 is 10.1 Å². The van der Waals surface area contributed by atoms with E-state index in [2.05, 4.69) is 10.3 Å². The molecule has 0 aliphatic rings. The van der Waals surface area contributed by atoms with Crippen molar-refractivity contribution < 1.29 is 13.9 Å². The first-order chi connectivity index (χ1) is 12.5. The van der Waals surface area contributed by atoms with Gasteiger partial charge in [0, 0.05) is 19.8 Å². The van der Waals surface area contributed by atoms with Gasteiger partial charge in [0.25, 0.3) is 5.91 Å². The number of hydrogen-bond acceptors (Lipinski definition) is 3. The second kappa shape index (κ2) is 7.76. The van der Waals surface area contributed by atoms with Crippen LogP contribution in [0.5, 0.6) is 11.5 Å². The summed E-state index contributed by atoms with van der Waals surface area (Å²) in [6, 6.07) is 9.32. The quantitative estimate of drug-likeness (QED) is 0.689. The normalized spacial score (nSPS) is 10.6. The summed E-state index contributed by atoms with van der Waals surface area (Å²) in [5.74, 6) is -0.387. The van der Waals surface area contributed by atoms with Gasteiger partial charge in [-0.25, -0.2) is 4.39 Å². The van der Waals surface area contributed by atoms with E-state index in [1.54, 1.807) is 31.4 Å². The zero-order valence-corrected chi connectivity index (χ0v) is 15.2. The summed E-state index contributed by atoms with van der Waals surface area (Å²) in [6.07, 6.45) is 3.09. The number of benzene rings is 1. The summed E-state index contributed by atoms with van der Waals surface area (Å²) < 4.78 is 21.1. The molecule has 0 unspecified atom stereocenters. The van der Waals surface area contributed by atoms with Gasteiger partial charge >= 0.3 is 0 Å². The van der Waals surface area contributed by atoms with Crippen LogP contribution in [0.25, 0.3) is 0 Å². The number of nitrogens with zero attached hydrogens (tertiary/aromatic N) is 2. The van der Waals surface area contributed by atoms with E-state index in [1.165, 1.54) is 29.0 Å². The van der Waals surface area contributed by atoms with E-state index >= 15 is 0 Å². The number of halogens is 3. The molecule has 0 aliphatic carbocycles. The van der Waals surface area contributed by atoms with E-state index in [-0.39, 0.29) is 23.4 Å². The maximum Gasteiger partial charge on any atom is 0.268 e. The van der Waals surface area contributed by atoms with Crippen LogP contribution in [-0.4, -0.2) is 15.5 Å². The first-order valence-electron chi connectivity index (χ1n) is 7.61. The zero-order chi connectivity index (χ0) is 18.7. The fraction of sp³-hybridized carbons (Fsp3) is 0.111. The molecular formula is C18H14Cl2FN3O2. The van der Waals surface area contributed by atoms with Crippen LogP contribution in [0.3, 0.4) is 0 Å². The van der Waals surface area contributed by atoms with Crippen molar-refractivity contribution in [2.45, 2.75) is 6.54 Å². The highest BCUT2D eigenvalue weighted by Gasteiger charge is 2.15. The Labute approximate surface area is 159 Å². The van der Waals surface area contributed by atoms with Crippen molar-refractivity contribution in [1.82, 2.24) is 14.9 Å². The predicted octanol–water partition coefficient (Wildman–Crippen LogP) is 4.59. The molecule has 1 N–H and O–H groups in total. The van der Waals surface area contributed by atoms with Crippen LogP contribution in [-0.2, 0) is 13.6 Å². The van der Waals surface area contributed by atoms with E-state index in [1.807, 2.05) is 0 Å². The third-order valence-corrected chi connectivity index (χ3v) is 4.50. The number of aromatic nitrogens is 2. The van der Waals surface area contributed by atoms with Crippen LogP contribution in [0, 0.1) is 5.82 Å². The average molecular weight is 394 g/mol. The molecule has 2 aromatic heterocycles. The Balaban J connectivity index is 1.66. The van der Waals surface area contributed by atoms with Gasteiger partial charge in [-0.15, -0.1) is 0 Å². The van der Waals surface area contributed by atoms with Crippen molar-refractivity contribution >= 4 is 29.1 Å². The lowest BCUT2D eigenvalue weighted by Gasteiger charge is -2.09. The second-order valence-corrected chi connectivity index (χ2v) is 6.23. The van der Waals surface area contributed by atoms with E-state index in [4.69, 9.17) is 27.9 Å². The zero-order valence-electron chi connectivity index (χ0n) is 13.7. The van der Waals surface area contributed by atoms with Gasteiger partial charge < -0.3 is 14.6 Å².